The molecule has 0 aliphatic carbocycles. The van der Waals surface area contributed by atoms with Gasteiger partial charge >= 0.3 is 12.1 Å². The summed E-state index contributed by atoms with van der Waals surface area (Å²) in [6, 6.07) is -1.10. The molecule has 204 valence electrons. The number of allylic oxidation sites excluding steroid dienone is 1. The van der Waals surface area contributed by atoms with Gasteiger partial charge in [0, 0.05) is 22.6 Å². The highest BCUT2D eigenvalue weighted by molar-refractivity contribution is 8.14. The Bertz CT molecular complexity index is 1420. The summed E-state index contributed by atoms with van der Waals surface area (Å²) in [6.45, 7) is 1.81. The van der Waals surface area contributed by atoms with Gasteiger partial charge in [-0.2, -0.15) is 5.01 Å². The van der Waals surface area contributed by atoms with Crippen molar-refractivity contribution in [2.45, 2.75) is 18.3 Å². The number of methoxy groups -OCH3 is 1. The van der Waals surface area contributed by atoms with Gasteiger partial charge in [-0.05, 0) is 18.6 Å². The van der Waals surface area contributed by atoms with Gasteiger partial charge in [-0.15, -0.1) is 40.4 Å². The van der Waals surface area contributed by atoms with Crippen molar-refractivity contribution < 1.29 is 33.8 Å². The second-order valence-corrected chi connectivity index (χ2v) is 11.3. The van der Waals surface area contributed by atoms with Crippen LogP contribution in [0.4, 0.5) is 15.7 Å². The number of carboxylic acids is 1. The fourth-order valence-electron chi connectivity index (χ4n) is 4.23. The summed E-state index contributed by atoms with van der Waals surface area (Å²) in [4.78, 5) is 71.7. The van der Waals surface area contributed by atoms with Gasteiger partial charge in [0.15, 0.2) is 11.0 Å². The number of nitrogen functional groups attached to an aromatic ring is 1. The normalized spacial score (nSPS) is 21.8. The number of nitrogens with one attached hydrogen (secondary N) is 1. The molecule has 0 bridgehead atoms. The molecule has 1 saturated heterocycles. The molecule has 5 rings (SSSR count). The van der Waals surface area contributed by atoms with Gasteiger partial charge < -0.3 is 15.6 Å². The number of β-lactam (4-membered cyclic amide) rings is 1. The number of aromatic nitrogens is 1. The van der Waals surface area contributed by atoms with E-state index in [1.165, 1.54) is 42.2 Å². The van der Waals surface area contributed by atoms with Crippen LogP contribution in [0.25, 0.3) is 0 Å². The zero-order valence-electron chi connectivity index (χ0n) is 20.3. The first-order valence-corrected chi connectivity index (χ1v) is 14.0. The average molecular weight is 593 g/mol. The molecule has 3 amide bonds. The molecule has 18 heteroatoms. The van der Waals surface area contributed by atoms with Crippen molar-refractivity contribution in [2.24, 2.45) is 4.99 Å². The summed E-state index contributed by atoms with van der Waals surface area (Å²) in [5, 5.41) is 14.2. The van der Waals surface area contributed by atoms with E-state index in [0.717, 1.165) is 31.8 Å². The summed E-state index contributed by atoms with van der Waals surface area (Å²) in [7, 11) is 1.26. The number of carboxylic acid groups (broad SMARTS) is 1. The maximum Gasteiger partial charge on any atom is 0.429 e. The Labute approximate surface area is 232 Å². The summed E-state index contributed by atoms with van der Waals surface area (Å²) >= 11 is 3.60. The Morgan fingerprint density at radius 2 is 2.18 bits per heavy atom. The van der Waals surface area contributed by atoms with Gasteiger partial charge in [-0.3, -0.25) is 24.2 Å². The molecular weight excluding hydrogens is 572 g/mol. The Balaban J connectivity index is 1.36. The van der Waals surface area contributed by atoms with Crippen LogP contribution >= 0.6 is 34.9 Å². The number of thiazole rings is 1. The van der Waals surface area contributed by atoms with Crippen LogP contribution in [0.1, 0.15) is 6.92 Å². The molecule has 1 aromatic rings. The molecule has 4 N–H and O–H groups in total. The van der Waals surface area contributed by atoms with Crippen LogP contribution in [-0.2, 0) is 23.9 Å². The van der Waals surface area contributed by atoms with Gasteiger partial charge in [-0.25, -0.2) is 24.6 Å². The first kappa shape index (κ1) is 26.7. The summed E-state index contributed by atoms with van der Waals surface area (Å²) in [5.74, 6) is -1.91. The third-order valence-electron chi connectivity index (χ3n) is 5.95. The molecule has 0 aromatic carbocycles. The van der Waals surface area contributed by atoms with Crippen molar-refractivity contribution in [3.05, 3.63) is 40.4 Å². The summed E-state index contributed by atoms with van der Waals surface area (Å²) < 4.78 is 4.70. The topological polar surface area (TPSA) is 191 Å². The van der Waals surface area contributed by atoms with E-state index in [1.54, 1.807) is 18.0 Å². The number of fused-ring (bicyclic) bond motifs is 2. The fraction of sp³-hybridized carbons (Fsp3) is 0.286. The van der Waals surface area contributed by atoms with Crippen LogP contribution < -0.4 is 16.2 Å². The molecule has 5 heterocycles. The van der Waals surface area contributed by atoms with Gasteiger partial charge in [0.2, 0.25) is 6.29 Å². The number of aliphatic imine (C=N–C) groups is 1. The lowest BCUT2D eigenvalue weighted by molar-refractivity contribution is -0.149. The molecule has 1 aromatic heterocycles. The lowest BCUT2D eigenvalue weighted by Crippen LogP contribution is -2.72. The van der Waals surface area contributed by atoms with Crippen LogP contribution in [-0.4, -0.2) is 90.2 Å². The Morgan fingerprint density at radius 3 is 2.82 bits per heavy atom. The van der Waals surface area contributed by atoms with Crippen molar-refractivity contribution in [3.63, 3.8) is 0 Å². The van der Waals surface area contributed by atoms with E-state index < -0.39 is 35.3 Å². The van der Waals surface area contributed by atoms with E-state index in [-0.39, 0.29) is 34.4 Å². The molecule has 0 spiro atoms. The number of thioether (sulfide) groups is 2. The third kappa shape index (κ3) is 4.64. The van der Waals surface area contributed by atoms with Crippen molar-refractivity contribution >= 4 is 81.0 Å². The maximum atomic E-state index is 13.2. The number of hydrogen-bond acceptors (Lipinski definition) is 14. The second kappa shape index (κ2) is 10.4. The number of hydrazine groups is 2. The number of aldehydes is 1. The molecule has 0 unspecified atom stereocenters. The Kier molecular flexibility index (Phi) is 7.10. The Morgan fingerprint density at radius 1 is 1.41 bits per heavy atom. The van der Waals surface area contributed by atoms with Crippen LogP contribution in [0.2, 0.25) is 0 Å². The van der Waals surface area contributed by atoms with E-state index in [9.17, 15) is 29.1 Å². The first-order valence-electron chi connectivity index (χ1n) is 11.1. The minimum Gasteiger partial charge on any atom is -0.477 e. The Hall–Kier alpha value is -3.87. The molecule has 4 aliphatic rings. The van der Waals surface area contributed by atoms with Gasteiger partial charge in [0.25, 0.3) is 11.8 Å². The minimum absolute atomic E-state index is 0.0587. The molecule has 0 saturated carbocycles. The van der Waals surface area contributed by atoms with Crippen LogP contribution in [0.3, 0.4) is 0 Å². The number of aliphatic carboxylic acids is 1. The van der Waals surface area contributed by atoms with Crippen LogP contribution in [0.15, 0.2) is 45.4 Å². The van der Waals surface area contributed by atoms with Crippen LogP contribution in [0.5, 0.6) is 0 Å². The zero-order chi connectivity index (χ0) is 28.0. The van der Waals surface area contributed by atoms with Gasteiger partial charge in [0.1, 0.15) is 28.0 Å². The van der Waals surface area contributed by atoms with Crippen LogP contribution in [0, 0.1) is 0 Å². The average Bonchev–Trinajstić information content (AvgIpc) is 3.55. The first-order chi connectivity index (χ1) is 18.6. The molecule has 39 heavy (non-hydrogen) atoms. The third-order valence-corrected chi connectivity index (χ3v) is 8.94. The second-order valence-electron chi connectivity index (χ2n) is 8.27. The summed E-state index contributed by atoms with van der Waals surface area (Å²) in [6.07, 6.45) is 2.69. The molecule has 2 atom stereocenters. The molecular formula is C21H20N8O7S3. The highest BCUT2D eigenvalue weighted by Crippen LogP contribution is 2.44. The van der Waals surface area contributed by atoms with Crippen molar-refractivity contribution in [1.82, 2.24) is 25.4 Å². The number of hydrogen-bond donors (Lipinski definition) is 3. The highest BCUT2D eigenvalue weighted by Gasteiger charge is 2.57. The predicted octanol–water partition coefficient (Wildman–Crippen LogP) is 0.531. The number of nitrogens with two attached hydrogens (primary N) is 1. The quantitative estimate of drug-likeness (QED) is 0.236. The number of carbonyl (C=O) groups excluding carboxylic acids is 4. The minimum atomic E-state index is -1.28. The lowest BCUT2D eigenvalue weighted by atomic mass is 10.0. The smallest absolute Gasteiger partial charge is 0.429 e. The largest absolute Gasteiger partial charge is 0.477 e. The van der Waals surface area contributed by atoms with E-state index in [1.807, 2.05) is 0 Å². The monoisotopic (exact) mass is 592 g/mol. The SMILES string of the molecule is COC(=O)N1C=C2N=C(SCC3=C(C(=O)O)N4C(=O)[C@@H](N(C(=O)C=O)c5csc(N)n5)[C@H]4SC3)C=C(C)N2N1. The van der Waals surface area contributed by atoms with Crippen molar-refractivity contribution in [2.75, 3.05) is 29.2 Å². The molecule has 15 nitrogen and oxygen atoms in total. The number of carbonyl (C=O) groups is 5. The fourth-order valence-corrected chi connectivity index (χ4v) is 7.26. The van der Waals surface area contributed by atoms with Crippen molar-refractivity contribution in [3.8, 4) is 0 Å². The molecule has 1 fully saturated rings. The summed E-state index contributed by atoms with van der Waals surface area (Å²) in [5.41, 5.74) is 9.56. The number of anilines is 2. The standard InChI is InChI=1S/C21H20N8O7S3/c1-9-3-13(23-11-4-26(21(35)36-2)25-29(9)11)37-6-10-7-38-18-16(17(32)28(18)15(10)19(33)34)27(14(31)5-30)12-8-39-20(22)24-12/h3-5,8,16,18,25H,6-7H2,1-2H3,(H2,22,24)(H,33,34)/t16-,18-/m1/s1. The number of amides is 3. The van der Waals surface area contributed by atoms with Gasteiger partial charge in [-0.1, -0.05) is 0 Å². The number of nitrogens with zero attached hydrogens (tertiary/aromatic N) is 6. The molecule has 0 radical (unpaired) electrons. The number of rotatable bonds is 6. The van der Waals surface area contributed by atoms with E-state index in [2.05, 4.69) is 15.5 Å². The zero-order valence-corrected chi connectivity index (χ0v) is 22.7. The predicted molar refractivity (Wildman–Crippen MR) is 143 cm³/mol. The highest BCUT2D eigenvalue weighted by atomic mass is 32.2. The number of ether oxygens (including phenoxy) is 1. The maximum absolute atomic E-state index is 13.2. The molecule has 4 aliphatic heterocycles. The van der Waals surface area contributed by atoms with E-state index >= 15 is 0 Å². The van der Waals surface area contributed by atoms with E-state index in [4.69, 9.17) is 10.5 Å². The van der Waals surface area contributed by atoms with E-state index in [0.29, 0.717) is 16.4 Å². The van der Waals surface area contributed by atoms with Gasteiger partial charge in [0.05, 0.1) is 13.3 Å². The van der Waals surface area contributed by atoms with Crippen molar-refractivity contribution in [1.29, 1.82) is 0 Å². The lowest BCUT2D eigenvalue weighted by Gasteiger charge is -2.52.